The van der Waals surface area contributed by atoms with Crippen molar-refractivity contribution >= 4 is 0 Å². The van der Waals surface area contributed by atoms with Crippen molar-refractivity contribution in [3.63, 3.8) is 0 Å². The Morgan fingerprint density at radius 3 is 2.48 bits per heavy atom. The summed E-state index contributed by atoms with van der Waals surface area (Å²) < 4.78 is 16.5. The number of fused-ring (bicyclic) bond motifs is 1. The molecule has 2 heterocycles. The average molecular weight is 362 g/mol. The minimum atomic E-state index is -1.57. The number of ether oxygens (including phenoxy) is 3. The van der Waals surface area contributed by atoms with Crippen molar-refractivity contribution in [1.82, 2.24) is 0 Å². The second-order valence-corrected chi connectivity index (χ2v) is 7.38. The molecule has 3 aliphatic rings. The lowest BCUT2D eigenvalue weighted by atomic mass is 9.81. The van der Waals surface area contributed by atoms with Crippen molar-refractivity contribution in [2.45, 2.75) is 69.0 Å². The molecule has 6 N–H and O–H groups in total. The largest absolute Gasteiger partial charge is 0.472 e. The summed E-state index contributed by atoms with van der Waals surface area (Å²) in [4.78, 5) is 0. The topological polar surface area (TPSA) is 149 Å². The molecule has 1 saturated carbocycles. The second kappa shape index (κ2) is 6.75. The van der Waals surface area contributed by atoms with Crippen LogP contribution < -0.4 is 0 Å². The zero-order valence-electron chi connectivity index (χ0n) is 14.1. The number of rotatable bonds is 3. The fourth-order valence-corrected chi connectivity index (χ4v) is 4.13. The van der Waals surface area contributed by atoms with E-state index in [0.717, 1.165) is 5.57 Å². The molecule has 2 aliphatic heterocycles. The van der Waals surface area contributed by atoms with Crippen LogP contribution in [0.25, 0.3) is 0 Å². The Morgan fingerprint density at radius 2 is 1.84 bits per heavy atom. The fraction of sp³-hybridized carbons (Fsp3) is 0.875. The van der Waals surface area contributed by atoms with Crippen LogP contribution in [0.1, 0.15) is 20.3 Å². The maximum Gasteiger partial charge on any atom is 0.207 e. The first-order valence-electron chi connectivity index (χ1n) is 8.36. The third-order valence-electron chi connectivity index (χ3n) is 5.47. The van der Waals surface area contributed by atoms with E-state index in [4.69, 9.17) is 14.2 Å². The Bertz CT molecular complexity index is 520. The summed E-state index contributed by atoms with van der Waals surface area (Å²) in [6.45, 7) is 2.79. The Labute approximate surface area is 145 Å². The molecule has 1 saturated heterocycles. The van der Waals surface area contributed by atoms with Crippen molar-refractivity contribution in [3.8, 4) is 0 Å². The lowest BCUT2D eigenvalue weighted by Crippen LogP contribution is -2.60. The van der Waals surface area contributed by atoms with Crippen molar-refractivity contribution in [3.05, 3.63) is 11.8 Å². The molecule has 0 unspecified atom stereocenters. The maximum absolute atomic E-state index is 10.7. The highest BCUT2D eigenvalue weighted by Crippen LogP contribution is 2.49. The molecular weight excluding hydrogens is 336 g/mol. The van der Waals surface area contributed by atoms with Gasteiger partial charge in [-0.3, -0.25) is 0 Å². The van der Waals surface area contributed by atoms with Crippen molar-refractivity contribution in [1.29, 1.82) is 0 Å². The van der Waals surface area contributed by atoms with Gasteiger partial charge in [-0.1, -0.05) is 0 Å². The molecule has 2 fully saturated rings. The molecule has 0 bridgehead atoms. The Morgan fingerprint density at radius 1 is 1.16 bits per heavy atom. The van der Waals surface area contributed by atoms with Crippen LogP contribution >= 0.6 is 0 Å². The summed E-state index contributed by atoms with van der Waals surface area (Å²) in [6.07, 6.45) is -7.32. The fourth-order valence-electron chi connectivity index (χ4n) is 4.13. The van der Waals surface area contributed by atoms with Crippen molar-refractivity contribution < 1.29 is 44.8 Å². The minimum Gasteiger partial charge on any atom is -0.472 e. The van der Waals surface area contributed by atoms with E-state index in [9.17, 15) is 30.6 Å². The molecule has 0 aromatic rings. The number of aliphatic hydroxyl groups excluding tert-OH is 5. The summed E-state index contributed by atoms with van der Waals surface area (Å²) in [6, 6.07) is 0. The molecule has 0 spiro atoms. The molecule has 3 rings (SSSR count). The first-order chi connectivity index (χ1) is 11.7. The van der Waals surface area contributed by atoms with Gasteiger partial charge in [0.1, 0.15) is 24.4 Å². The van der Waals surface area contributed by atoms with Crippen LogP contribution in [0.4, 0.5) is 0 Å². The third kappa shape index (κ3) is 3.19. The highest BCUT2D eigenvalue weighted by molar-refractivity contribution is 5.17. The van der Waals surface area contributed by atoms with E-state index >= 15 is 0 Å². The maximum atomic E-state index is 10.7. The van der Waals surface area contributed by atoms with E-state index in [1.165, 1.54) is 6.26 Å². The van der Waals surface area contributed by atoms with Crippen LogP contribution in [0.15, 0.2) is 11.8 Å². The summed E-state index contributed by atoms with van der Waals surface area (Å²) in [5.41, 5.74) is -0.498. The molecule has 0 amide bonds. The van der Waals surface area contributed by atoms with Crippen molar-refractivity contribution in [2.75, 3.05) is 6.61 Å². The lowest BCUT2D eigenvalue weighted by Gasteiger charge is -2.44. The van der Waals surface area contributed by atoms with Gasteiger partial charge in [0.25, 0.3) is 0 Å². The molecule has 9 nitrogen and oxygen atoms in total. The van der Waals surface area contributed by atoms with Crippen molar-refractivity contribution in [2.24, 2.45) is 11.8 Å². The van der Waals surface area contributed by atoms with Gasteiger partial charge in [0, 0.05) is 12.3 Å². The highest BCUT2D eigenvalue weighted by Gasteiger charge is 2.57. The van der Waals surface area contributed by atoms with E-state index in [-0.39, 0.29) is 12.3 Å². The SMILES string of the molecule is CC1=CO[C@@H](O[C@@H]2O[C@H](CO)[C@@H](O)[C@H](O)[C@H]2O)[C@H]2[C@@H]1[C@H](O)C[C@]2(C)O. The Balaban J connectivity index is 1.80. The predicted octanol–water partition coefficient (Wildman–Crippen LogP) is -2.19. The van der Waals surface area contributed by atoms with Gasteiger partial charge in [0.15, 0.2) is 6.29 Å². The van der Waals surface area contributed by atoms with E-state index in [1.807, 2.05) is 0 Å². The van der Waals surface area contributed by atoms with E-state index in [2.05, 4.69) is 0 Å². The van der Waals surface area contributed by atoms with Gasteiger partial charge in [-0.05, 0) is 19.4 Å². The van der Waals surface area contributed by atoms with Gasteiger partial charge >= 0.3 is 0 Å². The molecule has 0 aromatic heterocycles. The van der Waals surface area contributed by atoms with Gasteiger partial charge < -0.3 is 44.8 Å². The first kappa shape index (κ1) is 19.0. The van der Waals surface area contributed by atoms with Crippen LogP contribution in [-0.2, 0) is 14.2 Å². The van der Waals surface area contributed by atoms with E-state index in [0.29, 0.717) is 0 Å². The minimum absolute atomic E-state index is 0.144. The molecule has 0 aromatic carbocycles. The highest BCUT2D eigenvalue weighted by atomic mass is 16.8. The van der Waals surface area contributed by atoms with Crippen LogP contribution in [0.2, 0.25) is 0 Å². The van der Waals surface area contributed by atoms with Crippen LogP contribution in [0.5, 0.6) is 0 Å². The smallest absolute Gasteiger partial charge is 0.207 e. The molecule has 9 heteroatoms. The lowest BCUT2D eigenvalue weighted by molar-refractivity contribution is -0.346. The molecule has 0 radical (unpaired) electrons. The number of hydrogen-bond donors (Lipinski definition) is 6. The Hall–Kier alpha value is -0.780. The van der Waals surface area contributed by atoms with Gasteiger partial charge in [-0.25, -0.2) is 0 Å². The quantitative estimate of drug-likeness (QED) is 0.329. The van der Waals surface area contributed by atoms with Crippen LogP contribution in [0, 0.1) is 11.8 Å². The molecule has 144 valence electrons. The summed E-state index contributed by atoms with van der Waals surface area (Å²) >= 11 is 0. The third-order valence-corrected chi connectivity index (χ3v) is 5.47. The van der Waals surface area contributed by atoms with E-state index < -0.39 is 61.2 Å². The molecule has 1 aliphatic carbocycles. The number of hydrogen-bond acceptors (Lipinski definition) is 9. The normalized spacial score (nSPS) is 53.1. The number of aliphatic hydroxyl groups is 6. The average Bonchev–Trinajstić information content (AvgIpc) is 2.80. The molecular formula is C16H26O9. The monoisotopic (exact) mass is 362 g/mol. The molecule has 25 heavy (non-hydrogen) atoms. The molecule has 10 atom stereocenters. The Kier molecular flexibility index (Phi) is 5.13. The van der Waals surface area contributed by atoms with Crippen LogP contribution in [0.3, 0.4) is 0 Å². The zero-order chi connectivity index (χ0) is 18.5. The van der Waals surface area contributed by atoms with Gasteiger partial charge in [-0.15, -0.1) is 0 Å². The summed E-state index contributed by atoms with van der Waals surface area (Å²) in [7, 11) is 0. The summed E-state index contributed by atoms with van der Waals surface area (Å²) in [5, 5.41) is 59.9. The first-order valence-corrected chi connectivity index (χ1v) is 8.36. The van der Waals surface area contributed by atoms with Gasteiger partial charge in [0.05, 0.1) is 30.5 Å². The van der Waals surface area contributed by atoms with Gasteiger partial charge in [-0.2, -0.15) is 0 Å². The predicted molar refractivity (Wildman–Crippen MR) is 81.7 cm³/mol. The standard InChI is InChI=1S/C16H26O9/c1-6-5-23-14(10-9(6)7(18)3-16(10,2)22)25-15-13(21)12(20)11(19)8(4-17)24-15/h5,7-15,17-22H,3-4H2,1-2H3/t7-,8-,9+,10-,11-,12+,13-,14+,15+,16+/m1/s1. The van der Waals surface area contributed by atoms with E-state index in [1.54, 1.807) is 13.8 Å². The second-order valence-electron chi connectivity index (χ2n) is 7.38. The van der Waals surface area contributed by atoms with Crippen LogP contribution in [-0.4, -0.2) is 85.9 Å². The zero-order valence-corrected chi connectivity index (χ0v) is 14.1. The summed E-state index contributed by atoms with van der Waals surface area (Å²) in [5.74, 6) is -0.987. The van der Waals surface area contributed by atoms with Gasteiger partial charge in [0.2, 0.25) is 6.29 Å².